The van der Waals surface area contributed by atoms with Crippen molar-refractivity contribution in [2.45, 2.75) is 154 Å². The Kier molecular flexibility index (Phi) is 15.5. The van der Waals surface area contributed by atoms with Gasteiger partial charge in [-0.25, -0.2) is 0 Å². The zero-order valence-electron chi connectivity index (χ0n) is 47.5. The van der Waals surface area contributed by atoms with Crippen LogP contribution in [0.4, 0.5) is 11.4 Å². The summed E-state index contributed by atoms with van der Waals surface area (Å²) in [5.41, 5.74) is 4.55. The molecule has 0 atom stereocenters. The van der Waals surface area contributed by atoms with Crippen LogP contribution < -0.4 is 18.2 Å². The summed E-state index contributed by atoms with van der Waals surface area (Å²) in [6.45, 7) is 26.0. The lowest BCUT2D eigenvalue weighted by Gasteiger charge is -2.26. The first-order valence-electron chi connectivity index (χ1n) is 25.9. The van der Waals surface area contributed by atoms with Crippen molar-refractivity contribution >= 4 is 100 Å². The van der Waals surface area contributed by atoms with Gasteiger partial charge in [-0.15, -0.1) is 0 Å². The van der Waals surface area contributed by atoms with Gasteiger partial charge < -0.3 is 18.2 Å². The first kappa shape index (κ1) is 57.5. The Morgan fingerprint density at radius 3 is 0.872 bits per heavy atom. The fourth-order valence-corrected chi connectivity index (χ4v) is 16.4. The molecule has 78 heavy (non-hydrogen) atoms. The van der Waals surface area contributed by atoms with Crippen molar-refractivity contribution in [3.63, 3.8) is 0 Å². The largest absolute Gasteiger partial charge is 0.377 e. The molecule has 0 N–H and O–H groups in total. The summed E-state index contributed by atoms with van der Waals surface area (Å²) in [7, 11) is -1.16. The van der Waals surface area contributed by atoms with Crippen molar-refractivity contribution in [2.24, 2.45) is 0 Å². The van der Waals surface area contributed by atoms with Crippen molar-refractivity contribution in [2.75, 3.05) is 38.0 Å². The number of rotatable bonds is 8. The van der Waals surface area contributed by atoms with Gasteiger partial charge in [-0.2, -0.15) is 16.8 Å². The molecule has 0 aromatic heterocycles. The smallest absolute Gasteiger partial charge is 0.339 e. The van der Waals surface area contributed by atoms with E-state index in [0.29, 0.717) is 30.4 Å². The molecule has 0 spiro atoms. The van der Waals surface area contributed by atoms with Crippen LogP contribution in [0.1, 0.15) is 105 Å². The molecular weight excluding hydrogens is 1090 g/mol. The Bertz CT molecular complexity index is 3550. The van der Waals surface area contributed by atoms with E-state index in [2.05, 4.69) is 144 Å². The molecule has 0 saturated carbocycles. The molecule has 1 aliphatic heterocycles. The van der Waals surface area contributed by atoms with Crippen LogP contribution >= 0.6 is 47.0 Å². The molecule has 8 aromatic rings. The summed E-state index contributed by atoms with van der Waals surface area (Å²) < 4.78 is 74.2. The molecule has 8 nitrogen and oxygen atoms in total. The van der Waals surface area contributed by atoms with Crippen molar-refractivity contribution in [1.29, 1.82) is 0 Å². The molecule has 1 aliphatic rings. The molecule has 0 aliphatic carbocycles. The third-order valence-corrected chi connectivity index (χ3v) is 20.3. The van der Waals surface area contributed by atoms with Crippen molar-refractivity contribution < 1.29 is 25.2 Å². The van der Waals surface area contributed by atoms with Crippen LogP contribution in [0.15, 0.2) is 182 Å². The topological polar surface area (TPSA) is 93.2 Å². The van der Waals surface area contributed by atoms with Gasteiger partial charge >= 0.3 is 20.2 Å². The SMILES string of the molecule is CN(C)c1cccc2c(S(=O)(=O)Oc3c4cc(C(C)(C)C)cc3Sc3cc(cc(C(C)(C)C)c3)Sc3cc(C(C)(C)C)cc(c3OS(=O)(=O)c3cccc5c(N(C)C)cccc35)Sc3cc(cc(C(C)(C)C)c3)S4)cccc12. The maximum Gasteiger partial charge on any atom is 0.339 e. The maximum absolute atomic E-state index is 15.2. The monoisotopic (exact) mass is 1150 g/mol. The highest BCUT2D eigenvalue weighted by atomic mass is 32.2. The number of anilines is 2. The third kappa shape index (κ3) is 12.1. The fraction of sp³-hybridized carbons (Fsp3) is 0.312. The molecule has 0 amide bonds. The van der Waals surface area contributed by atoms with Crippen LogP contribution in [0.3, 0.4) is 0 Å². The Labute approximate surface area is 480 Å². The highest BCUT2D eigenvalue weighted by Crippen LogP contribution is 2.53. The van der Waals surface area contributed by atoms with E-state index in [4.69, 9.17) is 8.37 Å². The summed E-state index contributed by atoms with van der Waals surface area (Å²) in [5.74, 6) is 0.479. The molecule has 0 fully saturated rings. The van der Waals surface area contributed by atoms with E-state index in [1.807, 2.05) is 86.5 Å². The van der Waals surface area contributed by atoms with Gasteiger partial charge in [0, 0.05) is 80.7 Å². The third-order valence-electron chi connectivity index (χ3n) is 13.8. The number of benzene rings is 8. The second-order valence-corrected chi connectivity index (χ2v) is 32.0. The highest BCUT2D eigenvalue weighted by Gasteiger charge is 2.32. The summed E-state index contributed by atoms with van der Waals surface area (Å²) >= 11 is 5.83. The van der Waals surface area contributed by atoms with E-state index in [-0.39, 0.29) is 42.9 Å². The maximum atomic E-state index is 15.2. The molecule has 408 valence electrons. The number of hydrogen-bond donors (Lipinski definition) is 0. The molecule has 0 radical (unpaired) electrons. The minimum atomic E-state index is -4.47. The van der Waals surface area contributed by atoms with E-state index in [1.54, 1.807) is 24.3 Å². The van der Waals surface area contributed by atoms with E-state index >= 15 is 16.8 Å². The van der Waals surface area contributed by atoms with E-state index in [1.165, 1.54) is 47.0 Å². The van der Waals surface area contributed by atoms with Gasteiger partial charge in [-0.05, 0) is 129 Å². The summed E-state index contributed by atoms with van der Waals surface area (Å²) in [6.07, 6.45) is 0. The normalized spacial score (nSPS) is 13.6. The average Bonchev–Trinajstić information content (AvgIpc) is 3.53. The predicted molar refractivity (Wildman–Crippen MR) is 329 cm³/mol. The van der Waals surface area contributed by atoms with Crippen LogP contribution in [0.25, 0.3) is 21.5 Å². The summed E-state index contributed by atoms with van der Waals surface area (Å²) in [4.78, 5) is 10.1. The Balaban J connectivity index is 1.32. The predicted octanol–water partition coefficient (Wildman–Crippen LogP) is 17.8. The molecule has 8 aromatic carbocycles. The van der Waals surface area contributed by atoms with Crippen LogP contribution in [0, 0.1) is 0 Å². The lowest BCUT2D eigenvalue weighted by molar-refractivity contribution is 0.471. The number of nitrogens with zero attached hydrogens (tertiary/aromatic N) is 2. The standard InChI is InChI=1S/C64H70N2O6S6/c1-61(2,3)39-29-43-37-44(30-39)74-54-34-42(64(10,11)12)36-56(60(54)72-78(69,70)58-28-20-22-48-50(58)24-18-26-52(48)66(15)16)76-46-32-40(62(4,5)6)31-45(38-46)75-55-35-41(63(7,8)9)33-53(73-43)59(55)71-77(67,68)57-27-19-21-47-49(57)23-17-25-51(47)65(13)14/h17-38H,1-16H3. The quantitative estimate of drug-likeness (QED) is 0.136. The van der Waals surface area contributed by atoms with Crippen LogP contribution in [0.5, 0.6) is 11.5 Å². The van der Waals surface area contributed by atoms with E-state index < -0.39 is 20.2 Å². The lowest BCUT2D eigenvalue weighted by Crippen LogP contribution is -2.15. The number of hydrogen-bond acceptors (Lipinski definition) is 12. The molecule has 9 rings (SSSR count). The minimum absolute atomic E-state index is 0.0778. The minimum Gasteiger partial charge on any atom is -0.377 e. The highest BCUT2D eigenvalue weighted by molar-refractivity contribution is 8.01. The van der Waals surface area contributed by atoms with Gasteiger partial charge in [0.2, 0.25) is 0 Å². The fourth-order valence-electron chi connectivity index (χ4n) is 9.29. The number of fused-ring (bicyclic) bond motifs is 10. The molecular formula is C64H70N2O6S6. The van der Waals surface area contributed by atoms with Gasteiger partial charge in [-0.1, -0.05) is 179 Å². The summed E-state index contributed by atoms with van der Waals surface area (Å²) in [5, 5.41) is 2.73. The molecule has 14 heteroatoms. The molecule has 0 saturated heterocycles. The van der Waals surface area contributed by atoms with Crippen molar-refractivity contribution in [1.82, 2.24) is 0 Å². The Morgan fingerprint density at radius 1 is 0.346 bits per heavy atom. The molecule has 0 unspecified atom stereocenters. The van der Waals surface area contributed by atoms with Crippen molar-refractivity contribution in [3.05, 3.63) is 156 Å². The average molecular weight is 1160 g/mol. The van der Waals surface area contributed by atoms with Crippen LogP contribution in [-0.4, -0.2) is 45.0 Å². The molecule has 8 bridgehead atoms. The van der Waals surface area contributed by atoms with Gasteiger partial charge in [0.1, 0.15) is 9.79 Å². The van der Waals surface area contributed by atoms with Gasteiger partial charge in [0.05, 0.1) is 19.6 Å². The van der Waals surface area contributed by atoms with Crippen LogP contribution in [0.2, 0.25) is 0 Å². The summed E-state index contributed by atoms with van der Waals surface area (Å²) in [6, 6.07) is 43.2. The van der Waals surface area contributed by atoms with Gasteiger partial charge in [0.15, 0.2) is 11.5 Å². The molecule has 1 heterocycles. The Hall–Kier alpha value is -5.22. The Morgan fingerprint density at radius 2 is 0.603 bits per heavy atom. The zero-order chi connectivity index (χ0) is 56.7. The van der Waals surface area contributed by atoms with E-state index in [0.717, 1.165) is 64.0 Å². The first-order valence-corrected chi connectivity index (χ1v) is 32.0. The van der Waals surface area contributed by atoms with Gasteiger partial charge in [-0.3, -0.25) is 0 Å². The zero-order valence-corrected chi connectivity index (χ0v) is 52.4. The van der Waals surface area contributed by atoms with E-state index in [9.17, 15) is 0 Å². The second kappa shape index (κ2) is 21.0. The van der Waals surface area contributed by atoms with Gasteiger partial charge in [0.25, 0.3) is 0 Å². The second-order valence-electron chi connectivity index (χ2n) is 24.5. The first-order chi connectivity index (χ1) is 36.3. The van der Waals surface area contributed by atoms with Crippen LogP contribution in [-0.2, 0) is 41.9 Å². The lowest BCUT2D eigenvalue weighted by atomic mass is 9.87. The van der Waals surface area contributed by atoms with Crippen molar-refractivity contribution in [3.8, 4) is 11.5 Å².